The van der Waals surface area contributed by atoms with Crippen molar-refractivity contribution >= 4 is 0 Å². The Bertz CT molecular complexity index is 255. The number of hydrogen-bond acceptors (Lipinski definition) is 3. The minimum atomic E-state index is 0.0119. The number of nitrogens with one attached hydrogen (secondary N) is 1. The third kappa shape index (κ3) is 3.94. The van der Waals surface area contributed by atoms with Crippen molar-refractivity contribution in [3.8, 4) is 0 Å². The average molecular weight is 240 g/mol. The molecule has 0 aromatic carbocycles. The molecule has 2 heterocycles. The monoisotopic (exact) mass is 240 g/mol. The highest BCUT2D eigenvalue weighted by Gasteiger charge is 2.32. The predicted molar refractivity (Wildman–Crippen MR) is 71.3 cm³/mol. The van der Waals surface area contributed by atoms with Crippen LogP contribution in [0, 0.1) is 5.92 Å². The molecule has 2 saturated heterocycles. The molecule has 3 nitrogen and oxygen atoms in total. The van der Waals surface area contributed by atoms with Gasteiger partial charge in [0, 0.05) is 25.7 Å². The standard InChI is InChI=1S/C14H28N2O/c1-11-5-6-15-13(7-11)9-16-8-12(2)17-14(3,4)10-16/h11-13,15H,5-10H2,1-4H3. The zero-order valence-corrected chi connectivity index (χ0v) is 11.8. The van der Waals surface area contributed by atoms with Gasteiger partial charge in [0.1, 0.15) is 0 Å². The summed E-state index contributed by atoms with van der Waals surface area (Å²) in [6.07, 6.45) is 3.02. The number of rotatable bonds is 2. The minimum Gasteiger partial charge on any atom is -0.370 e. The van der Waals surface area contributed by atoms with Gasteiger partial charge in [-0.3, -0.25) is 4.90 Å². The van der Waals surface area contributed by atoms with E-state index in [1.165, 1.54) is 25.9 Å². The molecule has 0 radical (unpaired) electrons. The minimum absolute atomic E-state index is 0.0119. The molecule has 0 aromatic heterocycles. The maximum absolute atomic E-state index is 5.95. The second kappa shape index (κ2) is 5.25. The van der Waals surface area contributed by atoms with E-state index in [1.807, 2.05) is 0 Å². The lowest BCUT2D eigenvalue weighted by atomic mass is 9.93. The quantitative estimate of drug-likeness (QED) is 0.797. The van der Waals surface area contributed by atoms with Crippen molar-refractivity contribution in [3.05, 3.63) is 0 Å². The smallest absolute Gasteiger partial charge is 0.0757 e. The highest BCUT2D eigenvalue weighted by Crippen LogP contribution is 2.22. The van der Waals surface area contributed by atoms with Crippen molar-refractivity contribution in [2.45, 2.75) is 58.3 Å². The lowest BCUT2D eigenvalue weighted by Crippen LogP contribution is -2.55. The Morgan fingerprint density at radius 1 is 1.35 bits per heavy atom. The molecule has 2 aliphatic heterocycles. The number of piperidine rings is 1. The van der Waals surface area contributed by atoms with Crippen molar-refractivity contribution in [2.75, 3.05) is 26.2 Å². The zero-order valence-electron chi connectivity index (χ0n) is 11.8. The van der Waals surface area contributed by atoms with Gasteiger partial charge in [0.2, 0.25) is 0 Å². The van der Waals surface area contributed by atoms with Crippen molar-refractivity contribution in [1.82, 2.24) is 10.2 Å². The van der Waals surface area contributed by atoms with Crippen LogP contribution in [0.25, 0.3) is 0 Å². The highest BCUT2D eigenvalue weighted by molar-refractivity contribution is 4.86. The van der Waals surface area contributed by atoms with E-state index in [2.05, 4.69) is 37.9 Å². The SMILES string of the molecule is CC1CCNC(CN2CC(C)OC(C)(C)C2)C1. The van der Waals surface area contributed by atoms with Gasteiger partial charge in [-0.2, -0.15) is 0 Å². The van der Waals surface area contributed by atoms with Crippen LogP contribution in [0.2, 0.25) is 0 Å². The molecule has 0 aromatic rings. The molecule has 3 heteroatoms. The van der Waals surface area contributed by atoms with E-state index in [0.717, 1.165) is 19.0 Å². The first-order valence-corrected chi connectivity index (χ1v) is 7.08. The summed E-state index contributed by atoms with van der Waals surface area (Å²) in [5.41, 5.74) is 0.0119. The molecule has 0 amide bonds. The Labute approximate surface area is 106 Å². The van der Waals surface area contributed by atoms with Crippen molar-refractivity contribution in [2.24, 2.45) is 5.92 Å². The van der Waals surface area contributed by atoms with Gasteiger partial charge < -0.3 is 10.1 Å². The third-order valence-electron chi connectivity index (χ3n) is 3.88. The summed E-state index contributed by atoms with van der Waals surface area (Å²) in [6.45, 7) is 13.5. The van der Waals surface area contributed by atoms with Crippen LogP contribution in [0.3, 0.4) is 0 Å². The van der Waals surface area contributed by atoms with Gasteiger partial charge >= 0.3 is 0 Å². The lowest BCUT2D eigenvalue weighted by Gasteiger charge is -2.43. The van der Waals surface area contributed by atoms with E-state index >= 15 is 0 Å². The van der Waals surface area contributed by atoms with Gasteiger partial charge in [-0.15, -0.1) is 0 Å². The predicted octanol–water partition coefficient (Wildman–Crippen LogP) is 1.87. The van der Waals surface area contributed by atoms with Crippen LogP contribution in [-0.2, 0) is 4.74 Å². The van der Waals surface area contributed by atoms with Gasteiger partial charge in [-0.05, 0) is 46.1 Å². The van der Waals surface area contributed by atoms with Gasteiger partial charge in [0.05, 0.1) is 11.7 Å². The number of ether oxygens (including phenoxy) is 1. The van der Waals surface area contributed by atoms with E-state index in [9.17, 15) is 0 Å². The van der Waals surface area contributed by atoms with Crippen molar-refractivity contribution < 1.29 is 4.74 Å². The molecular weight excluding hydrogens is 212 g/mol. The average Bonchev–Trinajstić information content (AvgIpc) is 2.13. The van der Waals surface area contributed by atoms with Crippen LogP contribution in [-0.4, -0.2) is 48.8 Å². The maximum Gasteiger partial charge on any atom is 0.0757 e. The van der Waals surface area contributed by atoms with Crippen LogP contribution in [0.15, 0.2) is 0 Å². The Hall–Kier alpha value is -0.120. The van der Waals surface area contributed by atoms with E-state index in [1.54, 1.807) is 0 Å². The molecule has 1 N–H and O–H groups in total. The summed E-state index contributed by atoms with van der Waals surface area (Å²) in [4.78, 5) is 2.57. The van der Waals surface area contributed by atoms with Crippen LogP contribution < -0.4 is 5.32 Å². The molecule has 0 bridgehead atoms. The molecule has 100 valence electrons. The fourth-order valence-electron chi connectivity index (χ4n) is 3.40. The molecule has 3 unspecified atom stereocenters. The van der Waals surface area contributed by atoms with Crippen LogP contribution in [0.1, 0.15) is 40.5 Å². The Balaban J connectivity index is 1.85. The van der Waals surface area contributed by atoms with Crippen LogP contribution in [0.4, 0.5) is 0 Å². The molecule has 0 aliphatic carbocycles. The first-order valence-electron chi connectivity index (χ1n) is 7.08. The third-order valence-corrected chi connectivity index (χ3v) is 3.88. The number of hydrogen-bond donors (Lipinski definition) is 1. The molecule has 2 fully saturated rings. The normalized spacial score (nSPS) is 39.2. The van der Waals surface area contributed by atoms with Gasteiger partial charge in [-0.1, -0.05) is 6.92 Å². The Morgan fingerprint density at radius 2 is 2.12 bits per heavy atom. The molecule has 2 rings (SSSR count). The Morgan fingerprint density at radius 3 is 2.76 bits per heavy atom. The van der Waals surface area contributed by atoms with Gasteiger partial charge in [0.15, 0.2) is 0 Å². The molecule has 0 saturated carbocycles. The number of morpholine rings is 1. The van der Waals surface area contributed by atoms with E-state index < -0.39 is 0 Å². The fourth-order valence-corrected chi connectivity index (χ4v) is 3.40. The topological polar surface area (TPSA) is 24.5 Å². The van der Waals surface area contributed by atoms with E-state index in [-0.39, 0.29) is 5.60 Å². The fraction of sp³-hybridized carbons (Fsp3) is 1.00. The van der Waals surface area contributed by atoms with Crippen LogP contribution >= 0.6 is 0 Å². The second-order valence-electron chi connectivity index (χ2n) is 6.66. The highest BCUT2D eigenvalue weighted by atomic mass is 16.5. The summed E-state index contributed by atoms with van der Waals surface area (Å²) in [5.74, 6) is 0.882. The summed E-state index contributed by atoms with van der Waals surface area (Å²) in [7, 11) is 0. The maximum atomic E-state index is 5.95. The van der Waals surface area contributed by atoms with E-state index in [0.29, 0.717) is 12.1 Å². The summed E-state index contributed by atoms with van der Waals surface area (Å²) < 4.78 is 5.95. The van der Waals surface area contributed by atoms with Crippen molar-refractivity contribution in [1.29, 1.82) is 0 Å². The number of nitrogens with zero attached hydrogens (tertiary/aromatic N) is 1. The van der Waals surface area contributed by atoms with Crippen LogP contribution in [0.5, 0.6) is 0 Å². The molecular formula is C14H28N2O. The van der Waals surface area contributed by atoms with Gasteiger partial charge in [-0.25, -0.2) is 0 Å². The molecule has 17 heavy (non-hydrogen) atoms. The Kier molecular flexibility index (Phi) is 4.11. The molecule has 2 aliphatic rings. The largest absolute Gasteiger partial charge is 0.370 e. The summed E-state index contributed by atoms with van der Waals surface area (Å²) in [6, 6.07) is 0.680. The second-order valence-corrected chi connectivity index (χ2v) is 6.66. The molecule has 3 atom stereocenters. The summed E-state index contributed by atoms with van der Waals surface area (Å²) >= 11 is 0. The van der Waals surface area contributed by atoms with E-state index in [4.69, 9.17) is 4.74 Å². The summed E-state index contributed by atoms with van der Waals surface area (Å²) in [5, 5.41) is 3.66. The zero-order chi connectivity index (χ0) is 12.5. The molecule has 0 spiro atoms. The first kappa shape index (κ1) is 13.3. The first-order chi connectivity index (χ1) is 7.94. The lowest BCUT2D eigenvalue weighted by molar-refractivity contribution is -0.130. The van der Waals surface area contributed by atoms with Crippen molar-refractivity contribution in [3.63, 3.8) is 0 Å². The van der Waals surface area contributed by atoms with Gasteiger partial charge in [0.25, 0.3) is 0 Å².